The predicted molar refractivity (Wildman–Crippen MR) is 114 cm³/mol. The van der Waals surface area contributed by atoms with Crippen molar-refractivity contribution in [2.24, 2.45) is 13.0 Å². The summed E-state index contributed by atoms with van der Waals surface area (Å²) >= 11 is 0. The molecule has 5 nitrogen and oxygen atoms in total. The molecule has 1 saturated heterocycles. The molecule has 1 aliphatic heterocycles. The Balaban J connectivity index is 1.42. The minimum Gasteiger partial charge on any atom is -0.383 e. The summed E-state index contributed by atoms with van der Waals surface area (Å²) in [4.78, 5) is 4.89. The maximum Gasteiger partial charge on any atom is 0.0589 e. The van der Waals surface area contributed by atoms with Gasteiger partial charge in [0.25, 0.3) is 0 Å². The SMILES string of the molecule is COCCN(C)Cc1ccc(CC2CCN(Cc3cnn(C)c3C)CC2)cc1. The monoisotopic (exact) mass is 384 g/mol. The van der Waals surface area contributed by atoms with E-state index in [4.69, 9.17) is 4.74 Å². The van der Waals surface area contributed by atoms with Crippen molar-refractivity contribution in [3.63, 3.8) is 0 Å². The second kappa shape index (κ2) is 10.2. The molecule has 0 radical (unpaired) electrons. The number of likely N-dealkylation sites (N-methyl/N-ethyl adjacent to an activating group) is 1. The molecule has 0 spiro atoms. The fourth-order valence-corrected chi connectivity index (χ4v) is 4.04. The Hall–Kier alpha value is -1.69. The number of nitrogens with zero attached hydrogens (tertiary/aromatic N) is 4. The molecule has 0 aliphatic carbocycles. The molecule has 0 bridgehead atoms. The van der Waals surface area contributed by atoms with Crippen molar-refractivity contribution in [2.45, 2.75) is 39.3 Å². The van der Waals surface area contributed by atoms with E-state index in [1.54, 1.807) is 7.11 Å². The number of hydrogen-bond acceptors (Lipinski definition) is 4. The number of benzene rings is 1. The topological polar surface area (TPSA) is 33.5 Å². The van der Waals surface area contributed by atoms with Gasteiger partial charge in [0.1, 0.15) is 0 Å². The lowest BCUT2D eigenvalue weighted by molar-refractivity contribution is 0.158. The van der Waals surface area contributed by atoms with Crippen molar-refractivity contribution in [2.75, 3.05) is 40.4 Å². The summed E-state index contributed by atoms with van der Waals surface area (Å²) in [5.74, 6) is 0.807. The number of aryl methyl sites for hydroxylation is 1. The van der Waals surface area contributed by atoms with Gasteiger partial charge in [0.15, 0.2) is 0 Å². The Morgan fingerprint density at radius 2 is 1.82 bits per heavy atom. The summed E-state index contributed by atoms with van der Waals surface area (Å²) in [6.07, 6.45) is 5.82. The van der Waals surface area contributed by atoms with E-state index in [9.17, 15) is 0 Å². The van der Waals surface area contributed by atoms with Crippen LogP contribution in [0.25, 0.3) is 0 Å². The summed E-state index contributed by atoms with van der Waals surface area (Å²) in [5.41, 5.74) is 5.51. The molecule has 1 aliphatic rings. The maximum absolute atomic E-state index is 5.15. The van der Waals surface area contributed by atoms with Gasteiger partial charge in [-0.15, -0.1) is 0 Å². The van der Waals surface area contributed by atoms with Crippen molar-refractivity contribution >= 4 is 0 Å². The van der Waals surface area contributed by atoms with Crippen LogP contribution in [0.5, 0.6) is 0 Å². The van der Waals surface area contributed by atoms with Gasteiger partial charge >= 0.3 is 0 Å². The van der Waals surface area contributed by atoms with Gasteiger partial charge in [-0.2, -0.15) is 5.10 Å². The van der Waals surface area contributed by atoms with E-state index in [0.717, 1.165) is 32.2 Å². The lowest BCUT2D eigenvalue weighted by atomic mass is 9.89. The molecule has 0 atom stereocenters. The van der Waals surface area contributed by atoms with Crippen LogP contribution in [0.2, 0.25) is 0 Å². The zero-order valence-electron chi connectivity index (χ0n) is 18.0. The fraction of sp³-hybridized carbons (Fsp3) is 0.609. The number of hydrogen-bond donors (Lipinski definition) is 0. The first kappa shape index (κ1) is 21.0. The summed E-state index contributed by atoms with van der Waals surface area (Å²) in [7, 11) is 5.93. The normalized spacial score (nSPS) is 16.2. The highest BCUT2D eigenvalue weighted by molar-refractivity contribution is 5.23. The van der Waals surface area contributed by atoms with E-state index < -0.39 is 0 Å². The Kier molecular flexibility index (Phi) is 7.65. The Morgan fingerprint density at radius 3 is 2.43 bits per heavy atom. The van der Waals surface area contributed by atoms with Gasteiger partial charge in [0, 0.05) is 45.0 Å². The Labute approximate surface area is 170 Å². The van der Waals surface area contributed by atoms with Crippen LogP contribution < -0.4 is 0 Å². The van der Waals surface area contributed by atoms with E-state index >= 15 is 0 Å². The summed E-state index contributed by atoms with van der Waals surface area (Å²) in [6, 6.07) is 9.23. The predicted octanol–water partition coefficient (Wildman–Crippen LogP) is 3.26. The quantitative estimate of drug-likeness (QED) is 0.664. The molecule has 5 heteroatoms. The van der Waals surface area contributed by atoms with Crippen LogP contribution >= 0.6 is 0 Å². The number of likely N-dealkylation sites (tertiary alicyclic amines) is 1. The van der Waals surface area contributed by atoms with Gasteiger partial charge in [-0.05, 0) is 63.4 Å². The van der Waals surface area contributed by atoms with Gasteiger partial charge in [0.2, 0.25) is 0 Å². The third kappa shape index (κ3) is 5.90. The molecule has 2 aromatic rings. The van der Waals surface area contributed by atoms with Crippen molar-refractivity contribution in [1.29, 1.82) is 0 Å². The third-order valence-corrected chi connectivity index (χ3v) is 6.11. The minimum atomic E-state index is 0.785. The van der Waals surface area contributed by atoms with Crippen molar-refractivity contribution in [3.8, 4) is 0 Å². The smallest absolute Gasteiger partial charge is 0.0589 e. The highest BCUT2D eigenvalue weighted by Crippen LogP contribution is 2.23. The lowest BCUT2D eigenvalue weighted by Gasteiger charge is -2.32. The van der Waals surface area contributed by atoms with E-state index in [2.05, 4.69) is 53.1 Å². The minimum absolute atomic E-state index is 0.785. The molecule has 0 saturated carbocycles. The fourth-order valence-electron chi connectivity index (χ4n) is 4.04. The first-order valence-corrected chi connectivity index (χ1v) is 10.5. The molecular formula is C23H36N4O. The van der Waals surface area contributed by atoms with Gasteiger partial charge in [-0.25, -0.2) is 0 Å². The zero-order chi connectivity index (χ0) is 19.9. The lowest BCUT2D eigenvalue weighted by Crippen LogP contribution is -2.34. The summed E-state index contributed by atoms with van der Waals surface area (Å²) < 4.78 is 7.13. The standard InChI is InChI=1S/C23H36N4O/c1-19-23(16-24-26(19)3)18-27-11-9-21(10-12-27)15-20-5-7-22(8-6-20)17-25(2)13-14-28-4/h5-8,16,21H,9-15,17-18H2,1-4H3. The molecule has 154 valence electrons. The van der Waals surface area contributed by atoms with Crippen LogP contribution in [0.3, 0.4) is 0 Å². The number of rotatable bonds is 9. The van der Waals surface area contributed by atoms with E-state index in [0.29, 0.717) is 0 Å². The maximum atomic E-state index is 5.15. The number of piperidine rings is 1. The molecule has 1 aromatic carbocycles. The molecule has 0 N–H and O–H groups in total. The molecular weight excluding hydrogens is 348 g/mol. The molecule has 1 aromatic heterocycles. The largest absolute Gasteiger partial charge is 0.383 e. The second-order valence-corrected chi connectivity index (χ2v) is 8.35. The van der Waals surface area contributed by atoms with Crippen LogP contribution in [-0.2, 0) is 31.3 Å². The summed E-state index contributed by atoms with van der Waals surface area (Å²) in [5, 5.41) is 4.37. The van der Waals surface area contributed by atoms with Gasteiger partial charge in [-0.3, -0.25) is 14.5 Å². The van der Waals surface area contributed by atoms with Gasteiger partial charge in [0.05, 0.1) is 12.8 Å². The highest BCUT2D eigenvalue weighted by Gasteiger charge is 2.20. The van der Waals surface area contributed by atoms with E-state index in [-0.39, 0.29) is 0 Å². The van der Waals surface area contributed by atoms with Crippen LogP contribution in [0, 0.1) is 12.8 Å². The number of aromatic nitrogens is 2. The van der Waals surface area contributed by atoms with Crippen LogP contribution in [0.15, 0.2) is 30.5 Å². The van der Waals surface area contributed by atoms with E-state index in [1.807, 2.05) is 17.9 Å². The highest BCUT2D eigenvalue weighted by atomic mass is 16.5. The van der Waals surface area contributed by atoms with Gasteiger partial charge in [-0.1, -0.05) is 24.3 Å². The van der Waals surface area contributed by atoms with Crippen molar-refractivity contribution in [3.05, 3.63) is 52.8 Å². The molecule has 3 rings (SSSR count). The average Bonchev–Trinajstić information content (AvgIpc) is 3.01. The van der Waals surface area contributed by atoms with Crippen LogP contribution in [0.4, 0.5) is 0 Å². The molecule has 0 amide bonds. The van der Waals surface area contributed by atoms with E-state index in [1.165, 1.54) is 54.7 Å². The average molecular weight is 385 g/mol. The Morgan fingerprint density at radius 1 is 1.14 bits per heavy atom. The number of ether oxygens (including phenoxy) is 1. The first-order chi connectivity index (χ1) is 13.5. The second-order valence-electron chi connectivity index (χ2n) is 8.35. The molecule has 0 unspecified atom stereocenters. The van der Waals surface area contributed by atoms with Crippen LogP contribution in [0.1, 0.15) is 35.2 Å². The molecule has 1 fully saturated rings. The Bertz CT molecular complexity index is 717. The van der Waals surface area contributed by atoms with Crippen molar-refractivity contribution < 1.29 is 4.74 Å². The zero-order valence-corrected chi connectivity index (χ0v) is 18.0. The van der Waals surface area contributed by atoms with Gasteiger partial charge < -0.3 is 4.74 Å². The van der Waals surface area contributed by atoms with Crippen LogP contribution in [-0.4, -0.2) is 60.0 Å². The first-order valence-electron chi connectivity index (χ1n) is 10.5. The molecule has 2 heterocycles. The number of methoxy groups -OCH3 is 1. The van der Waals surface area contributed by atoms with Crippen molar-refractivity contribution in [1.82, 2.24) is 19.6 Å². The summed E-state index contributed by atoms with van der Waals surface area (Å²) in [6.45, 7) is 8.33. The third-order valence-electron chi connectivity index (χ3n) is 6.11. The molecule has 28 heavy (non-hydrogen) atoms.